The van der Waals surface area contributed by atoms with Crippen molar-refractivity contribution in [2.75, 3.05) is 0 Å². The monoisotopic (exact) mass is 464 g/mol. The maximum Gasteiger partial charge on any atom is 0.179 e. The molecule has 0 radical (unpaired) electrons. The summed E-state index contributed by atoms with van der Waals surface area (Å²) >= 11 is 28.4. The van der Waals surface area contributed by atoms with E-state index < -0.39 is 19.5 Å². The molecule has 0 bridgehead atoms. The number of Topliss-reactive ketones (excluding diaryl/α,β-unsaturated/α-hetero) is 2. The van der Waals surface area contributed by atoms with Crippen LogP contribution in [0.2, 0.25) is 0 Å². The summed E-state index contributed by atoms with van der Waals surface area (Å²) in [4.78, 5) is 22.4. The van der Waals surface area contributed by atoms with Crippen LogP contribution in [0.5, 0.6) is 0 Å². The molecule has 5 fully saturated rings. The highest BCUT2D eigenvalue weighted by Crippen LogP contribution is 2.77. The molecule has 0 spiro atoms. The van der Waals surface area contributed by atoms with Crippen LogP contribution in [0.3, 0.4) is 0 Å². The zero-order chi connectivity index (χ0) is 19.9. The van der Waals surface area contributed by atoms with Crippen LogP contribution in [0.1, 0.15) is 77.0 Å². The first-order valence-corrected chi connectivity index (χ1v) is 12.6. The molecule has 0 aliphatic heterocycles. The van der Waals surface area contributed by atoms with Crippen LogP contribution in [0.25, 0.3) is 0 Å². The number of carbonyl (C=O) groups is 2. The third-order valence-electron chi connectivity index (χ3n) is 8.96. The molecule has 6 heteroatoms. The van der Waals surface area contributed by atoms with Crippen LogP contribution in [0.15, 0.2) is 0 Å². The van der Waals surface area contributed by atoms with Gasteiger partial charge in [0.2, 0.25) is 0 Å². The lowest BCUT2D eigenvalue weighted by atomic mass is 9.36. The fourth-order valence-corrected chi connectivity index (χ4v) is 10.3. The molecular weight excluding hydrogens is 438 g/mol. The maximum absolute atomic E-state index is 14.0. The highest BCUT2D eigenvalue weighted by atomic mass is 35.5. The van der Waals surface area contributed by atoms with E-state index in [2.05, 4.69) is 0 Å². The van der Waals surface area contributed by atoms with Crippen molar-refractivity contribution in [2.24, 2.45) is 23.7 Å². The predicted octanol–water partition coefficient (Wildman–Crippen LogP) is 6.25. The largest absolute Gasteiger partial charge is 0.296 e. The van der Waals surface area contributed by atoms with Crippen LogP contribution in [0, 0.1) is 23.7 Å². The molecule has 2 nitrogen and oxygen atoms in total. The minimum atomic E-state index is -1.39. The Morgan fingerprint density at radius 3 is 0.893 bits per heavy atom. The van der Waals surface area contributed by atoms with Gasteiger partial charge in [-0.1, -0.05) is 51.4 Å². The summed E-state index contributed by atoms with van der Waals surface area (Å²) in [5, 5.41) is 0. The number of rotatable bonds is 0. The lowest BCUT2D eigenvalue weighted by Crippen LogP contribution is -2.93. The third-order valence-corrected chi connectivity index (χ3v) is 12.1. The molecule has 5 rings (SSSR count). The Balaban J connectivity index is 1.61. The van der Waals surface area contributed by atoms with Crippen molar-refractivity contribution in [1.82, 2.24) is 0 Å². The van der Waals surface area contributed by atoms with E-state index >= 15 is 0 Å². The number of hydrogen-bond donors (Lipinski definition) is 0. The van der Waals surface area contributed by atoms with Gasteiger partial charge < -0.3 is 0 Å². The number of hydrogen-bond acceptors (Lipinski definition) is 2. The molecule has 5 aliphatic carbocycles. The molecule has 0 aromatic rings. The van der Waals surface area contributed by atoms with Gasteiger partial charge >= 0.3 is 0 Å². The fourth-order valence-electron chi connectivity index (χ4n) is 7.62. The van der Waals surface area contributed by atoms with Gasteiger partial charge in [-0.15, -0.1) is 46.4 Å². The number of ketones is 2. The van der Waals surface area contributed by atoms with Crippen molar-refractivity contribution in [3.8, 4) is 0 Å². The second-order valence-electron chi connectivity index (χ2n) is 9.91. The van der Waals surface area contributed by atoms with Gasteiger partial charge in [0.1, 0.15) is 19.5 Å². The van der Waals surface area contributed by atoms with Gasteiger partial charge in [0, 0.05) is 0 Å². The molecule has 0 saturated heterocycles. The molecule has 5 saturated carbocycles. The Bertz CT molecular complexity index is 611. The maximum atomic E-state index is 14.0. The molecular formula is C22H28Cl4O2. The fraction of sp³-hybridized carbons (Fsp3) is 0.909. The van der Waals surface area contributed by atoms with E-state index in [4.69, 9.17) is 46.4 Å². The zero-order valence-corrected chi connectivity index (χ0v) is 19.1. The minimum Gasteiger partial charge on any atom is -0.296 e. The van der Waals surface area contributed by atoms with E-state index in [9.17, 15) is 9.59 Å². The lowest BCUT2D eigenvalue weighted by molar-refractivity contribution is -0.173. The predicted molar refractivity (Wildman–Crippen MR) is 114 cm³/mol. The first kappa shape index (κ1) is 20.4. The van der Waals surface area contributed by atoms with Gasteiger partial charge in [0.15, 0.2) is 11.6 Å². The van der Waals surface area contributed by atoms with E-state index in [1.54, 1.807) is 0 Å². The van der Waals surface area contributed by atoms with Gasteiger partial charge in [-0.25, -0.2) is 0 Å². The summed E-state index contributed by atoms with van der Waals surface area (Å²) in [5.41, 5.74) is 0. The van der Waals surface area contributed by atoms with Crippen LogP contribution < -0.4 is 0 Å². The minimum absolute atomic E-state index is 0.0622. The van der Waals surface area contributed by atoms with Crippen molar-refractivity contribution in [3.63, 3.8) is 0 Å². The van der Waals surface area contributed by atoms with Crippen molar-refractivity contribution < 1.29 is 9.59 Å². The Morgan fingerprint density at radius 2 is 0.679 bits per heavy atom. The Hall–Kier alpha value is 0.500. The quantitative estimate of drug-likeness (QED) is 0.396. The van der Waals surface area contributed by atoms with Crippen molar-refractivity contribution >= 4 is 58.0 Å². The van der Waals surface area contributed by atoms with Crippen molar-refractivity contribution in [2.45, 2.75) is 96.5 Å². The molecule has 8 atom stereocenters. The highest BCUT2D eigenvalue weighted by Gasteiger charge is 2.92. The summed E-state index contributed by atoms with van der Waals surface area (Å²) in [6.45, 7) is 0. The molecule has 156 valence electrons. The molecule has 28 heavy (non-hydrogen) atoms. The van der Waals surface area contributed by atoms with Gasteiger partial charge in [0.05, 0.1) is 0 Å². The molecule has 0 heterocycles. The number of halogens is 4. The molecule has 5 aliphatic rings. The molecule has 0 aromatic carbocycles. The topological polar surface area (TPSA) is 34.1 Å². The SMILES string of the molecule is O=C1[C@@]2(Cl)[C@H]3CCCCCC[C@H]3[C@@]2(Cl)C(=O)[C@]2(Cl)[C@H]3CCCCCC[C@@H]3[C@]12Cl. The molecule has 0 amide bonds. The first-order chi connectivity index (χ1) is 13.3. The molecule has 0 unspecified atom stereocenters. The Morgan fingerprint density at radius 1 is 0.464 bits per heavy atom. The number of carbonyl (C=O) groups excluding carboxylic acids is 2. The van der Waals surface area contributed by atoms with Crippen molar-refractivity contribution in [3.05, 3.63) is 0 Å². The van der Waals surface area contributed by atoms with E-state index in [1.165, 1.54) is 0 Å². The van der Waals surface area contributed by atoms with E-state index in [0.29, 0.717) is 0 Å². The average molecular weight is 466 g/mol. The zero-order valence-electron chi connectivity index (χ0n) is 16.1. The van der Waals surface area contributed by atoms with Gasteiger partial charge in [-0.2, -0.15) is 0 Å². The van der Waals surface area contributed by atoms with Gasteiger partial charge in [0.25, 0.3) is 0 Å². The summed E-state index contributed by atoms with van der Waals surface area (Å²) in [6, 6.07) is 0. The molecule has 0 aromatic heterocycles. The van der Waals surface area contributed by atoms with Crippen LogP contribution in [0.4, 0.5) is 0 Å². The average Bonchev–Trinajstić information content (AvgIpc) is 2.64. The summed E-state index contributed by atoms with van der Waals surface area (Å²) in [7, 11) is 0. The summed E-state index contributed by atoms with van der Waals surface area (Å²) < 4.78 is 0. The van der Waals surface area contributed by atoms with Crippen LogP contribution in [-0.2, 0) is 9.59 Å². The number of fused-ring (bicyclic) bond motifs is 8. The summed E-state index contributed by atoms with van der Waals surface area (Å²) in [5.74, 6) is -0.727. The van der Waals surface area contributed by atoms with Crippen molar-refractivity contribution in [1.29, 1.82) is 0 Å². The second-order valence-corrected chi connectivity index (χ2v) is 12.3. The van der Waals surface area contributed by atoms with E-state index in [-0.39, 0.29) is 35.2 Å². The van der Waals surface area contributed by atoms with E-state index in [0.717, 1.165) is 77.0 Å². The van der Waals surface area contributed by atoms with Crippen LogP contribution in [-0.4, -0.2) is 31.1 Å². The summed E-state index contributed by atoms with van der Waals surface area (Å²) in [6.07, 6.45) is 12.1. The normalized spacial score (nSPS) is 56.3. The van der Waals surface area contributed by atoms with Gasteiger partial charge in [-0.3, -0.25) is 9.59 Å². The smallest absolute Gasteiger partial charge is 0.179 e. The third kappa shape index (κ3) is 2.01. The van der Waals surface area contributed by atoms with Crippen LogP contribution >= 0.6 is 46.4 Å². The molecule has 0 N–H and O–H groups in total. The lowest BCUT2D eigenvalue weighted by Gasteiger charge is -2.75. The first-order valence-electron chi connectivity index (χ1n) is 11.1. The standard InChI is InChI=1S/C22H28Cl4O2/c23-19-13-9-5-1-2-6-10-14(13)20(19,24)18(28)22(26)16-12-8-4-3-7-11-15(16)21(22,25)17(19)27/h13-16H,1-12H2/t13-,14-,15-,16+,19-,20+,21-,22+/m0/s1. The number of alkyl halides is 4. The Kier molecular flexibility index (Phi) is 4.74. The highest BCUT2D eigenvalue weighted by molar-refractivity contribution is 6.65. The Labute approximate surface area is 187 Å². The second kappa shape index (κ2) is 6.50. The van der Waals surface area contributed by atoms with E-state index in [1.807, 2.05) is 0 Å². The van der Waals surface area contributed by atoms with Gasteiger partial charge in [-0.05, 0) is 49.4 Å².